The fourth-order valence-corrected chi connectivity index (χ4v) is 3.68. The summed E-state index contributed by atoms with van der Waals surface area (Å²) >= 11 is 0. The molecule has 1 aromatic heterocycles. The van der Waals surface area contributed by atoms with E-state index < -0.39 is 24.3 Å². The molecule has 0 spiro atoms. The number of hydrogen-bond donors (Lipinski definition) is 0. The van der Waals surface area contributed by atoms with Crippen molar-refractivity contribution in [1.82, 2.24) is 9.78 Å². The van der Waals surface area contributed by atoms with Crippen LogP contribution < -0.4 is 10.5 Å². The lowest BCUT2D eigenvalue weighted by Crippen LogP contribution is -2.36. The molecule has 0 bridgehead atoms. The van der Waals surface area contributed by atoms with Crippen LogP contribution in [-0.2, 0) is 16.1 Å². The number of esters is 1. The van der Waals surface area contributed by atoms with Gasteiger partial charge in [-0.3, -0.25) is 9.59 Å². The second-order valence-corrected chi connectivity index (χ2v) is 7.99. The van der Waals surface area contributed by atoms with Crippen LogP contribution in [0, 0.1) is 17.1 Å². The number of amides is 1. The van der Waals surface area contributed by atoms with Gasteiger partial charge in [-0.1, -0.05) is 44.4 Å². The highest BCUT2D eigenvalue weighted by Crippen LogP contribution is 2.17. The molecule has 2 aromatic carbocycles. The summed E-state index contributed by atoms with van der Waals surface area (Å²) < 4.78 is 19.8. The van der Waals surface area contributed by atoms with Gasteiger partial charge in [0.05, 0.1) is 17.9 Å². The van der Waals surface area contributed by atoms with Crippen molar-refractivity contribution in [1.29, 1.82) is 5.26 Å². The van der Waals surface area contributed by atoms with E-state index in [0.717, 1.165) is 25.7 Å². The summed E-state index contributed by atoms with van der Waals surface area (Å²) in [5.41, 5.74) is 0.0458. The van der Waals surface area contributed by atoms with Crippen molar-refractivity contribution in [3.05, 3.63) is 70.4 Å². The van der Waals surface area contributed by atoms with E-state index in [1.807, 2.05) is 6.07 Å². The largest absolute Gasteiger partial charge is 0.451 e. The molecular formula is C26H27FN4O4. The smallest absolute Gasteiger partial charge is 0.359 e. The highest BCUT2D eigenvalue weighted by Gasteiger charge is 2.22. The van der Waals surface area contributed by atoms with Crippen molar-refractivity contribution < 1.29 is 18.7 Å². The Bertz CT molecular complexity index is 1280. The van der Waals surface area contributed by atoms with Gasteiger partial charge in [-0.2, -0.15) is 10.4 Å². The number of benzene rings is 2. The molecule has 8 nitrogen and oxygen atoms in total. The summed E-state index contributed by atoms with van der Waals surface area (Å²) in [7, 11) is 0. The van der Waals surface area contributed by atoms with Gasteiger partial charge in [0.15, 0.2) is 12.3 Å². The van der Waals surface area contributed by atoms with Crippen LogP contribution >= 0.6 is 0 Å². The number of aromatic nitrogens is 2. The average Bonchev–Trinajstić information content (AvgIpc) is 2.87. The Labute approximate surface area is 202 Å². The van der Waals surface area contributed by atoms with Crippen molar-refractivity contribution in [3.63, 3.8) is 0 Å². The van der Waals surface area contributed by atoms with Crippen molar-refractivity contribution >= 4 is 28.3 Å². The third-order valence-corrected chi connectivity index (χ3v) is 5.50. The number of fused-ring (bicyclic) bond motifs is 1. The molecule has 182 valence electrons. The molecule has 0 saturated heterocycles. The van der Waals surface area contributed by atoms with Crippen LogP contribution in [0.3, 0.4) is 0 Å². The van der Waals surface area contributed by atoms with Crippen LogP contribution in [0.15, 0.2) is 53.3 Å². The molecule has 0 atom stereocenters. The molecule has 1 amide bonds. The zero-order chi connectivity index (χ0) is 25.2. The number of rotatable bonds is 11. The van der Waals surface area contributed by atoms with Crippen molar-refractivity contribution in [2.45, 2.75) is 45.6 Å². The van der Waals surface area contributed by atoms with Crippen LogP contribution in [0.4, 0.5) is 10.1 Å². The Morgan fingerprint density at radius 2 is 1.80 bits per heavy atom. The maximum Gasteiger partial charge on any atom is 0.359 e. The van der Waals surface area contributed by atoms with Gasteiger partial charge in [0.25, 0.3) is 11.5 Å². The molecule has 0 aliphatic heterocycles. The van der Waals surface area contributed by atoms with E-state index in [9.17, 15) is 18.8 Å². The number of aryl methyl sites for hydroxylation is 1. The van der Waals surface area contributed by atoms with Gasteiger partial charge in [-0.15, -0.1) is 0 Å². The van der Waals surface area contributed by atoms with Crippen LogP contribution in [0.2, 0.25) is 0 Å². The summed E-state index contributed by atoms with van der Waals surface area (Å²) in [6.45, 7) is 1.92. The van der Waals surface area contributed by atoms with E-state index in [4.69, 9.17) is 10.00 Å². The Morgan fingerprint density at radius 3 is 2.49 bits per heavy atom. The average molecular weight is 479 g/mol. The number of carbonyl (C=O) groups excluding carboxylic acids is 2. The van der Waals surface area contributed by atoms with Gasteiger partial charge in [-0.25, -0.2) is 13.9 Å². The number of anilines is 1. The quantitative estimate of drug-likeness (QED) is 0.302. The zero-order valence-corrected chi connectivity index (χ0v) is 19.6. The summed E-state index contributed by atoms with van der Waals surface area (Å²) in [5, 5.41) is 13.9. The summed E-state index contributed by atoms with van der Waals surface area (Å²) in [6, 6.07) is 13.8. The maximum atomic E-state index is 13.3. The van der Waals surface area contributed by atoms with Gasteiger partial charge in [0.1, 0.15) is 5.82 Å². The van der Waals surface area contributed by atoms with E-state index in [-0.39, 0.29) is 24.2 Å². The van der Waals surface area contributed by atoms with Crippen LogP contribution in [0.1, 0.15) is 49.5 Å². The van der Waals surface area contributed by atoms with E-state index >= 15 is 0 Å². The molecule has 3 aromatic rings. The molecule has 0 N–H and O–H groups in total. The fourth-order valence-electron chi connectivity index (χ4n) is 3.68. The van der Waals surface area contributed by atoms with Crippen LogP contribution in [0.5, 0.6) is 0 Å². The molecule has 0 unspecified atom stereocenters. The first-order valence-electron chi connectivity index (χ1n) is 11.6. The molecule has 0 aliphatic rings. The lowest BCUT2D eigenvalue weighted by Gasteiger charge is -2.21. The number of halogens is 1. The molecule has 35 heavy (non-hydrogen) atoms. The van der Waals surface area contributed by atoms with Crippen LogP contribution in [0.25, 0.3) is 10.8 Å². The van der Waals surface area contributed by atoms with Crippen LogP contribution in [-0.4, -0.2) is 34.8 Å². The van der Waals surface area contributed by atoms with Gasteiger partial charge in [0, 0.05) is 24.2 Å². The van der Waals surface area contributed by atoms with Crippen molar-refractivity contribution in [2.75, 3.05) is 18.1 Å². The van der Waals surface area contributed by atoms with Crippen molar-refractivity contribution in [3.8, 4) is 6.07 Å². The molecule has 0 aliphatic carbocycles. The lowest BCUT2D eigenvalue weighted by atomic mass is 10.1. The van der Waals surface area contributed by atoms with Gasteiger partial charge in [-0.05, 0) is 36.8 Å². The molecule has 0 fully saturated rings. The number of nitrogens with zero attached hydrogens (tertiary/aromatic N) is 4. The highest BCUT2D eigenvalue weighted by molar-refractivity contribution is 6.03. The summed E-state index contributed by atoms with van der Waals surface area (Å²) in [4.78, 5) is 39.9. The number of carbonyl (C=O) groups is 2. The fraction of sp³-hybridized carbons (Fsp3) is 0.346. The third kappa shape index (κ3) is 6.51. The first-order chi connectivity index (χ1) is 17.0. The van der Waals surface area contributed by atoms with Gasteiger partial charge in [0.2, 0.25) is 0 Å². The zero-order valence-electron chi connectivity index (χ0n) is 19.6. The molecular weight excluding hydrogens is 451 g/mol. The normalized spacial score (nSPS) is 10.7. The first kappa shape index (κ1) is 25.6. The second-order valence-electron chi connectivity index (χ2n) is 7.99. The predicted octanol–water partition coefficient (Wildman–Crippen LogP) is 4.22. The number of unbranched alkanes of at least 4 members (excludes halogenated alkanes) is 3. The Kier molecular flexibility index (Phi) is 9.07. The minimum absolute atomic E-state index is 0.0474. The maximum absolute atomic E-state index is 13.3. The molecule has 3 rings (SSSR count). The second kappa shape index (κ2) is 12.4. The third-order valence-electron chi connectivity index (χ3n) is 5.50. The highest BCUT2D eigenvalue weighted by atomic mass is 19.1. The standard InChI is InChI=1S/C26H27FN4O4/c1-2-3-4-7-17-31-25(33)22-10-6-5-9-21(22)24(29-31)26(34)35-18-23(32)30(16-8-15-28)20-13-11-19(27)12-14-20/h5-6,9-14H,2-4,7-8,16-18H2,1H3. The van der Waals surface area contributed by atoms with Gasteiger partial charge < -0.3 is 9.64 Å². The topological polar surface area (TPSA) is 105 Å². The minimum atomic E-state index is -0.837. The monoisotopic (exact) mass is 478 g/mol. The number of nitriles is 1. The minimum Gasteiger partial charge on any atom is -0.451 e. The Hall–Kier alpha value is -4.06. The lowest BCUT2D eigenvalue weighted by molar-refractivity contribution is -0.121. The number of hydrogen-bond acceptors (Lipinski definition) is 6. The SMILES string of the molecule is CCCCCCn1nc(C(=O)OCC(=O)N(CCC#N)c2ccc(F)cc2)c2ccccc2c1=O. The molecule has 9 heteroatoms. The van der Waals surface area contributed by atoms with E-state index in [1.165, 1.54) is 33.8 Å². The van der Waals surface area contributed by atoms with Crippen molar-refractivity contribution in [2.24, 2.45) is 0 Å². The predicted molar refractivity (Wildman–Crippen MR) is 129 cm³/mol. The first-order valence-corrected chi connectivity index (χ1v) is 11.6. The molecule has 0 radical (unpaired) electrons. The number of ether oxygens (including phenoxy) is 1. The Morgan fingerprint density at radius 1 is 1.09 bits per heavy atom. The molecule has 0 saturated carbocycles. The molecule has 1 heterocycles. The van der Waals surface area contributed by atoms with Gasteiger partial charge >= 0.3 is 5.97 Å². The van der Waals surface area contributed by atoms with E-state index in [0.29, 0.717) is 23.0 Å². The van der Waals surface area contributed by atoms with E-state index in [1.54, 1.807) is 24.3 Å². The van der Waals surface area contributed by atoms with E-state index in [2.05, 4.69) is 12.0 Å². The summed E-state index contributed by atoms with van der Waals surface area (Å²) in [6.07, 6.45) is 3.82. The Balaban J connectivity index is 1.81. The summed E-state index contributed by atoms with van der Waals surface area (Å²) in [5.74, 6) is -1.87.